The van der Waals surface area contributed by atoms with E-state index in [9.17, 15) is 9.59 Å². The lowest BCUT2D eigenvalue weighted by Crippen LogP contribution is -2.32. The first-order chi connectivity index (χ1) is 11.1. The fourth-order valence-electron chi connectivity index (χ4n) is 2.45. The van der Waals surface area contributed by atoms with E-state index in [0.29, 0.717) is 29.0 Å². The summed E-state index contributed by atoms with van der Waals surface area (Å²) in [6.45, 7) is 4.39. The summed E-state index contributed by atoms with van der Waals surface area (Å²) in [7, 11) is 0. The van der Waals surface area contributed by atoms with Crippen LogP contribution in [-0.2, 0) is 6.54 Å². The molecule has 1 N–H and O–H groups in total. The molecule has 3 rings (SSSR count). The van der Waals surface area contributed by atoms with Crippen molar-refractivity contribution in [1.29, 1.82) is 0 Å². The SMILES string of the molecule is CCN(Cc1nc2ccccc2c(=O)[nH]1)C(=O)c1occc1C. The molecule has 23 heavy (non-hydrogen) atoms. The molecule has 0 aliphatic rings. The van der Waals surface area contributed by atoms with Gasteiger partial charge < -0.3 is 14.3 Å². The minimum Gasteiger partial charge on any atom is -0.459 e. The number of nitrogens with zero attached hydrogens (tertiary/aromatic N) is 2. The van der Waals surface area contributed by atoms with E-state index in [4.69, 9.17) is 4.42 Å². The summed E-state index contributed by atoms with van der Waals surface area (Å²) in [4.78, 5) is 33.4. The molecular weight excluding hydrogens is 294 g/mol. The zero-order chi connectivity index (χ0) is 16.4. The third-order valence-corrected chi connectivity index (χ3v) is 3.73. The molecule has 0 aliphatic heterocycles. The number of aromatic amines is 1. The van der Waals surface area contributed by atoms with Gasteiger partial charge in [-0.2, -0.15) is 0 Å². The van der Waals surface area contributed by atoms with Crippen LogP contribution in [0.5, 0.6) is 0 Å². The first-order valence-corrected chi connectivity index (χ1v) is 7.41. The van der Waals surface area contributed by atoms with Crippen LogP contribution in [0.1, 0.15) is 28.9 Å². The van der Waals surface area contributed by atoms with E-state index in [0.717, 1.165) is 5.56 Å². The number of benzene rings is 1. The third kappa shape index (κ3) is 2.88. The quantitative estimate of drug-likeness (QED) is 0.803. The van der Waals surface area contributed by atoms with Crippen molar-refractivity contribution in [3.8, 4) is 0 Å². The molecule has 118 valence electrons. The average Bonchev–Trinajstić information content (AvgIpc) is 2.98. The number of amides is 1. The number of hydrogen-bond acceptors (Lipinski definition) is 4. The van der Waals surface area contributed by atoms with Gasteiger partial charge in [0.25, 0.3) is 11.5 Å². The van der Waals surface area contributed by atoms with Crippen molar-refractivity contribution < 1.29 is 9.21 Å². The number of carbonyl (C=O) groups is 1. The Morgan fingerprint density at radius 2 is 2.09 bits per heavy atom. The van der Waals surface area contributed by atoms with Crippen molar-refractivity contribution in [3.63, 3.8) is 0 Å². The van der Waals surface area contributed by atoms with Gasteiger partial charge in [-0.3, -0.25) is 9.59 Å². The van der Waals surface area contributed by atoms with Crippen molar-refractivity contribution >= 4 is 16.8 Å². The zero-order valence-corrected chi connectivity index (χ0v) is 13.0. The lowest BCUT2D eigenvalue weighted by Gasteiger charge is -2.19. The summed E-state index contributed by atoms with van der Waals surface area (Å²) in [6.07, 6.45) is 1.49. The monoisotopic (exact) mass is 311 g/mol. The molecule has 0 bridgehead atoms. The molecule has 0 aliphatic carbocycles. The van der Waals surface area contributed by atoms with Crippen LogP contribution >= 0.6 is 0 Å². The number of aryl methyl sites for hydroxylation is 1. The second kappa shape index (κ2) is 6.08. The number of aromatic nitrogens is 2. The normalized spacial score (nSPS) is 10.9. The first-order valence-electron chi connectivity index (χ1n) is 7.41. The maximum atomic E-state index is 12.5. The highest BCUT2D eigenvalue weighted by molar-refractivity contribution is 5.92. The fraction of sp³-hybridized carbons (Fsp3) is 0.235. The van der Waals surface area contributed by atoms with Gasteiger partial charge in [-0.1, -0.05) is 12.1 Å². The van der Waals surface area contributed by atoms with E-state index in [-0.39, 0.29) is 18.0 Å². The molecule has 3 aromatic rings. The molecule has 0 saturated heterocycles. The number of hydrogen-bond donors (Lipinski definition) is 1. The molecule has 6 heteroatoms. The van der Waals surface area contributed by atoms with Crippen LogP contribution in [0, 0.1) is 6.92 Å². The Bertz CT molecular complexity index is 911. The standard InChI is InChI=1S/C17H17N3O3/c1-3-20(17(22)15-11(2)8-9-23-15)10-14-18-13-7-5-4-6-12(13)16(21)19-14/h4-9H,3,10H2,1-2H3,(H,18,19,21). The molecular formula is C17H17N3O3. The van der Waals surface area contributed by atoms with Crippen molar-refractivity contribution in [3.05, 3.63) is 64.1 Å². The van der Waals surface area contributed by atoms with Crippen molar-refractivity contribution in [1.82, 2.24) is 14.9 Å². The predicted octanol–water partition coefficient (Wildman–Crippen LogP) is 2.49. The van der Waals surface area contributed by atoms with Gasteiger partial charge in [-0.25, -0.2) is 4.98 Å². The molecule has 0 spiro atoms. The molecule has 6 nitrogen and oxygen atoms in total. The summed E-state index contributed by atoms with van der Waals surface area (Å²) in [5.74, 6) is 0.550. The molecule has 2 heterocycles. The van der Waals surface area contributed by atoms with Crippen molar-refractivity contribution in [2.75, 3.05) is 6.54 Å². The predicted molar refractivity (Wildman–Crippen MR) is 86.2 cm³/mol. The number of furan rings is 1. The van der Waals surface area contributed by atoms with E-state index < -0.39 is 0 Å². The molecule has 0 unspecified atom stereocenters. The summed E-state index contributed by atoms with van der Waals surface area (Å²) >= 11 is 0. The Hall–Kier alpha value is -2.89. The van der Waals surface area contributed by atoms with E-state index in [2.05, 4.69) is 9.97 Å². The van der Waals surface area contributed by atoms with E-state index in [1.54, 1.807) is 29.2 Å². The van der Waals surface area contributed by atoms with Gasteiger partial charge in [0, 0.05) is 12.1 Å². The number of fused-ring (bicyclic) bond motifs is 1. The van der Waals surface area contributed by atoms with Crippen molar-refractivity contribution in [2.45, 2.75) is 20.4 Å². The highest BCUT2D eigenvalue weighted by Crippen LogP contribution is 2.14. The Morgan fingerprint density at radius 1 is 1.30 bits per heavy atom. The molecule has 2 aromatic heterocycles. The van der Waals surface area contributed by atoms with Gasteiger partial charge in [-0.05, 0) is 32.0 Å². The summed E-state index contributed by atoms with van der Waals surface area (Å²) in [6, 6.07) is 8.87. The van der Waals surface area contributed by atoms with Crippen LogP contribution in [0.2, 0.25) is 0 Å². The fourth-order valence-corrected chi connectivity index (χ4v) is 2.45. The number of nitrogens with one attached hydrogen (secondary N) is 1. The molecule has 0 radical (unpaired) electrons. The Morgan fingerprint density at radius 3 is 2.78 bits per heavy atom. The lowest BCUT2D eigenvalue weighted by atomic mass is 10.2. The largest absolute Gasteiger partial charge is 0.459 e. The van der Waals surface area contributed by atoms with Gasteiger partial charge in [0.1, 0.15) is 5.82 Å². The second-order valence-corrected chi connectivity index (χ2v) is 5.28. The van der Waals surface area contributed by atoms with E-state index in [1.807, 2.05) is 19.9 Å². The minimum atomic E-state index is -0.217. The third-order valence-electron chi connectivity index (χ3n) is 3.73. The van der Waals surface area contributed by atoms with Crippen LogP contribution in [0.15, 0.2) is 45.8 Å². The average molecular weight is 311 g/mol. The van der Waals surface area contributed by atoms with Crippen LogP contribution in [-0.4, -0.2) is 27.3 Å². The number of H-pyrrole nitrogens is 1. The van der Waals surface area contributed by atoms with Gasteiger partial charge in [0.15, 0.2) is 5.76 Å². The van der Waals surface area contributed by atoms with Crippen molar-refractivity contribution in [2.24, 2.45) is 0 Å². The first kappa shape index (κ1) is 15.0. The van der Waals surface area contributed by atoms with Gasteiger partial charge in [-0.15, -0.1) is 0 Å². The van der Waals surface area contributed by atoms with Crippen LogP contribution in [0.4, 0.5) is 0 Å². The smallest absolute Gasteiger partial charge is 0.290 e. The van der Waals surface area contributed by atoms with E-state index >= 15 is 0 Å². The minimum absolute atomic E-state index is 0.205. The Labute approximate surface area is 132 Å². The van der Waals surface area contributed by atoms with Crippen LogP contribution < -0.4 is 5.56 Å². The molecule has 0 atom stereocenters. The Balaban J connectivity index is 1.92. The highest BCUT2D eigenvalue weighted by atomic mass is 16.3. The summed E-state index contributed by atoms with van der Waals surface area (Å²) in [5, 5.41) is 0.535. The maximum absolute atomic E-state index is 12.5. The van der Waals surface area contributed by atoms with Crippen LogP contribution in [0.3, 0.4) is 0 Å². The molecule has 0 fully saturated rings. The van der Waals surface area contributed by atoms with E-state index in [1.165, 1.54) is 6.26 Å². The van der Waals surface area contributed by atoms with Gasteiger partial charge in [0.2, 0.25) is 0 Å². The molecule has 1 amide bonds. The second-order valence-electron chi connectivity index (χ2n) is 5.28. The van der Waals surface area contributed by atoms with Gasteiger partial charge >= 0.3 is 0 Å². The zero-order valence-electron chi connectivity index (χ0n) is 13.0. The maximum Gasteiger partial charge on any atom is 0.290 e. The lowest BCUT2D eigenvalue weighted by molar-refractivity contribution is 0.0715. The number of para-hydroxylation sites is 1. The molecule has 0 saturated carbocycles. The number of carbonyl (C=O) groups excluding carboxylic acids is 1. The van der Waals surface area contributed by atoms with Crippen LogP contribution in [0.25, 0.3) is 10.9 Å². The topological polar surface area (TPSA) is 79.2 Å². The summed E-state index contributed by atoms with van der Waals surface area (Å²) in [5.41, 5.74) is 1.20. The summed E-state index contributed by atoms with van der Waals surface area (Å²) < 4.78 is 5.26. The van der Waals surface area contributed by atoms with Gasteiger partial charge in [0.05, 0.1) is 23.7 Å². The highest BCUT2D eigenvalue weighted by Gasteiger charge is 2.20. The Kier molecular flexibility index (Phi) is 3.97. The number of rotatable bonds is 4. The molecule has 1 aromatic carbocycles.